The van der Waals surface area contributed by atoms with E-state index in [0.29, 0.717) is 30.1 Å². The molecule has 4 N–H and O–H groups in total. The van der Waals surface area contributed by atoms with Crippen LogP contribution in [0.2, 0.25) is 0 Å². The number of carbonyl (C=O) groups excluding carboxylic acids is 2. The Kier molecular flexibility index (Phi) is 8.15. The number of carbonyl (C=O) groups is 2. The van der Waals surface area contributed by atoms with Crippen LogP contribution in [-0.4, -0.2) is 66.9 Å². The topological polar surface area (TPSA) is 103 Å². The monoisotopic (exact) mass is 432 g/mol. The molecule has 0 radical (unpaired) electrons. The molecule has 3 amide bonds. The number of fused-ring (bicyclic) bond motifs is 1. The second-order valence-corrected chi connectivity index (χ2v) is 8.80. The molecule has 1 aliphatic heterocycles. The van der Waals surface area contributed by atoms with E-state index in [9.17, 15) is 14.7 Å². The highest BCUT2D eigenvalue weighted by Crippen LogP contribution is 2.34. The molecule has 0 unspecified atom stereocenters. The Morgan fingerprint density at radius 3 is 2.71 bits per heavy atom. The molecule has 1 aromatic rings. The van der Waals surface area contributed by atoms with Gasteiger partial charge in [-0.2, -0.15) is 0 Å². The Balaban J connectivity index is 1.89. The fourth-order valence-electron chi connectivity index (χ4n) is 4.38. The number of nitrogens with one attached hydrogen (secondary N) is 3. The van der Waals surface area contributed by atoms with Crippen LogP contribution >= 0.6 is 0 Å². The number of amides is 3. The minimum Gasteiger partial charge on any atom is -0.486 e. The van der Waals surface area contributed by atoms with Crippen LogP contribution in [0.15, 0.2) is 18.2 Å². The number of aliphatic hydroxyl groups excluding tert-OH is 1. The lowest BCUT2D eigenvalue weighted by Crippen LogP contribution is -2.49. The van der Waals surface area contributed by atoms with E-state index >= 15 is 0 Å². The van der Waals surface area contributed by atoms with Crippen LogP contribution in [0.3, 0.4) is 0 Å². The van der Waals surface area contributed by atoms with Crippen LogP contribution in [0.4, 0.5) is 10.5 Å². The number of ether oxygens (including phenoxy) is 1. The zero-order valence-electron chi connectivity index (χ0n) is 18.8. The molecule has 3 atom stereocenters. The first-order valence-electron chi connectivity index (χ1n) is 11.4. The molecule has 2 aliphatic rings. The molecule has 0 bridgehead atoms. The highest BCUT2D eigenvalue weighted by atomic mass is 16.5. The molecule has 3 rings (SSSR count). The van der Waals surface area contributed by atoms with Crippen LogP contribution in [0.1, 0.15) is 56.3 Å². The Bertz CT molecular complexity index is 766. The van der Waals surface area contributed by atoms with Gasteiger partial charge in [-0.15, -0.1) is 0 Å². The van der Waals surface area contributed by atoms with E-state index in [-0.39, 0.29) is 42.7 Å². The Morgan fingerprint density at radius 1 is 1.29 bits per heavy atom. The lowest BCUT2D eigenvalue weighted by atomic mass is 9.96. The Labute approximate surface area is 184 Å². The molecule has 172 valence electrons. The van der Waals surface area contributed by atoms with E-state index in [1.807, 2.05) is 20.9 Å². The summed E-state index contributed by atoms with van der Waals surface area (Å²) in [6.07, 6.45) is 5.26. The molecule has 0 aromatic heterocycles. The summed E-state index contributed by atoms with van der Waals surface area (Å²) < 4.78 is 6.33. The van der Waals surface area contributed by atoms with E-state index in [2.05, 4.69) is 16.0 Å². The van der Waals surface area contributed by atoms with E-state index in [0.717, 1.165) is 25.7 Å². The molecule has 8 nitrogen and oxygen atoms in total. The average Bonchev–Trinajstić information content (AvgIpc) is 2.76. The van der Waals surface area contributed by atoms with Crippen molar-refractivity contribution in [2.45, 2.75) is 64.1 Å². The van der Waals surface area contributed by atoms with Crippen LogP contribution < -0.4 is 20.7 Å². The van der Waals surface area contributed by atoms with Gasteiger partial charge < -0.3 is 30.7 Å². The van der Waals surface area contributed by atoms with Gasteiger partial charge in [-0.3, -0.25) is 4.79 Å². The largest absolute Gasteiger partial charge is 0.486 e. The third-order valence-corrected chi connectivity index (χ3v) is 6.29. The second-order valence-electron chi connectivity index (χ2n) is 8.80. The molecule has 0 saturated heterocycles. The average molecular weight is 433 g/mol. The molecule has 31 heavy (non-hydrogen) atoms. The normalized spacial score (nSPS) is 23.2. The van der Waals surface area contributed by atoms with Gasteiger partial charge in [0, 0.05) is 25.0 Å². The third kappa shape index (κ3) is 5.68. The van der Waals surface area contributed by atoms with Gasteiger partial charge in [0.2, 0.25) is 0 Å². The number of urea groups is 1. The number of nitrogens with zero attached hydrogens (tertiary/aromatic N) is 1. The van der Waals surface area contributed by atoms with Crippen molar-refractivity contribution in [3.63, 3.8) is 0 Å². The van der Waals surface area contributed by atoms with Crippen LogP contribution in [-0.2, 0) is 0 Å². The van der Waals surface area contributed by atoms with E-state index in [4.69, 9.17) is 4.74 Å². The molecule has 8 heteroatoms. The molecule has 1 heterocycles. The summed E-state index contributed by atoms with van der Waals surface area (Å²) in [4.78, 5) is 27.7. The summed E-state index contributed by atoms with van der Waals surface area (Å²) in [5.41, 5.74) is 0.870. The number of anilines is 1. The lowest BCUT2D eigenvalue weighted by Gasteiger charge is -2.37. The molecule has 1 fully saturated rings. The fraction of sp³-hybridized carbons (Fsp3) is 0.652. The molecule has 1 aromatic carbocycles. The summed E-state index contributed by atoms with van der Waals surface area (Å²) in [6.45, 7) is 4.82. The van der Waals surface area contributed by atoms with Crippen LogP contribution in [0, 0.1) is 5.92 Å². The highest BCUT2D eigenvalue weighted by molar-refractivity contribution is 6.01. The van der Waals surface area contributed by atoms with Crippen molar-refractivity contribution in [2.24, 2.45) is 5.92 Å². The number of aliphatic hydroxyl groups is 1. The number of likely N-dealkylation sites (N-methyl/N-ethyl adjacent to an activating group) is 1. The first-order valence-corrected chi connectivity index (χ1v) is 11.4. The van der Waals surface area contributed by atoms with Crippen LogP contribution in [0.5, 0.6) is 5.75 Å². The van der Waals surface area contributed by atoms with Gasteiger partial charge in [0.15, 0.2) is 5.75 Å². The summed E-state index contributed by atoms with van der Waals surface area (Å²) in [5.74, 6) is 0.207. The summed E-state index contributed by atoms with van der Waals surface area (Å²) in [7, 11) is 1.86. The number of benzene rings is 1. The Hall–Kier alpha value is -2.32. The van der Waals surface area contributed by atoms with Gasteiger partial charge in [0.25, 0.3) is 5.91 Å². The summed E-state index contributed by atoms with van der Waals surface area (Å²) >= 11 is 0. The quantitative estimate of drug-likeness (QED) is 0.553. The predicted octanol–water partition coefficient (Wildman–Crippen LogP) is 2.58. The molecular formula is C23H36N4O4. The minimum atomic E-state index is -0.317. The second kappa shape index (κ2) is 10.8. The summed E-state index contributed by atoms with van der Waals surface area (Å²) in [6, 6.07) is 4.80. The maximum Gasteiger partial charge on any atom is 0.319 e. The molecule has 1 saturated carbocycles. The van der Waals surface area contributed by atoms with E-state index < -0.39 is 0 Å². The smallest absolute Gasteiger partial charge is 0.319 e. The predicted molar refractivity (Wildman–Crippen MR) is 121 cm³/mol. The van der Waals surface area contributed by atoms with Crippen molar-refractivity contribution in [1.29, 1.82) is 0 Å². The first kappa shape index (κ1) is 23.3. The number of hydrogen-bond acceptors (Lipinski definition) is 5. The molecular weight excluding hydrogens is 396 g/mol. The maximum atomic E-state index is 13.3. The van der Waals surface area contributed by atoms with E-state index in [1.165, 1.54) is 6.42 Å². The van der Waals surface area contributed by atoms with Crippen molar-refractivity contribution in [3.8, 4) is 5.75 Å². The number of para-hydroxylation sites is 1. The fourth-order valence-corrected chi connectivity index (χ4v) is 4.38. The van der Waals surface area contributed by atoms with Gasteiger partial charge in [0.1, 0.15) is 6.10 Å². The zero-order chi connectivity index (χ0) is 22.4. The standard InChI is InChI=1S/C23H36N4O4/c1-15-13-27(16(2)14-28)22(29)18-10-7-11-19(21(18)31-20(15)12-24-3)26-23(30)25-17-8-5-4-6-9-17/h7,10-11,15-17,20,24,28H,4-6,8-9,12-14H2,1-3H3,(H2,25,26,30)/t15-,16-,20-/m1/s1. The van der Waals surface area contributed by atoms with Crippen molar-refractivity contribution in [1.82, 2.24) is 15.5 Å². The van der Waals surface area contributed by atoms with Crippen molar-refractivity contribution in [2.75, 3.05) is 32.1 Å². The van der Waals surface area contributed by atoms with Crippen molar-refractivity contribution >= 4 is 17.6 Å². The van der Waals surface area contributed by atoms with Crippen molar-refractivity contribution in [3.05, 3.63) is 23.8 Å². The third-order valence-electron chi connectivity index (χ3n) is 6.29. The van der Waals surface area contributed by atoms with Gasteiger partial charge >= 0.3 is 6.03 Å². The lowest BCUT2D eigenvalue weighted by molar-refractivity contribution is 0.0417. The Morgan fingerprint density at radius 2 is 2.03 bits per heavy atom. The SMILES string of the molecule is CNC[C@H]1Oc2c(NC(=O)NC3CCCCC3)cccc2C(=O)N([C@H](C)CO)C[C@H]1C. The minimum absolute atomic E-state index is 0.0303. The van der Waals surface area contributed by atoms with Gasteiger partial charge in [-0.1, -0.05) is 32.3 Å². The number of rotatable bonds is 6. The summed E-state index contributed by atoms with van der Waals surface area (Å²) in [5, 5.41) is 18.8. The molecule has 1 aliphatic carbocycles. The highest BCUT2D eigenvalue weighted by Gasteiger charge is 2.34. The van der Waals surface area contributed by atoms with Crippen LogP contribution in [0.25, 0.3) is 0 Å². The zero-order valence-corrected chi connectivity index (χ0v) is 18.8. The first-order chi connectivity index (χ1) is 14.9. The number of hydrogen-bond donors (Lipinski definition) is 4. The van der Waals surface area contributed by atoms with Gasteiger partial charge in [0.05, 0.1) is 23.9 Å². The van der Waals surface area contributed by atoms with Gasteiger partial charge in [-0.25, -0.2) is 4.79 Å². The van der Waals surface area contributed by atoms with E-state index in [1.54, 1.807) is 23.1 Å². The molecule has 0 spiro atoms. The maximum absolute atomic E-state index is 13.3. The van der Waals surface area contributed by atoms with Gasteiger partial charge in [-0.05, 0) is 38.9 Å². The van der Waals surface area contributed by atoms with Crippen molar-refractivity contribution < 1.29 is 19.4 Å².